The number of hydrogen-bond donors (Lipinski definition) is 2. The number of ether oxygens (including phenoxy) is 1. The molecular weight excluding hydrogens is 382 g/mol. The molecule has 2 aromatic heterocycles. The van der Waals surface area contributed by atoms with Crippen molar-refractivity contribution in [3.63, 3.8) is 0 Å². The first kappa shape index (κ1) is 21.0. The number of anilines is 4. The summed E-state index contributed by atoms with van der Waals surface area (Å²) in [5.41, 5.74) is 1.51. The van der Waals surface area contributed by atoms with E-state index < -0.39 is 0 Å². The third-order valence-electron chi connectivity index (χ3n) is 4.23. The molecule has 0 saturated carbocycles. The maximum Gasteiger partial charge on any atom is 0.316 e. The maximum atomic E-state index is 12.0. The summed E-state index contributed by atoms with van der Waals surface area (Å²) in [7, 11) is 0. The molecule has 0 unspecified atom stereocenters. The van der Waals surface area contributed by atoms with Crippen LogP contribution < -0.4 is 20.3 Å². The second-order valence-corrected chi connectivity index (χ2v) is 6.40. The van der Waals surface area contributed by atoms with Gasteiger partial charge >= 0.3 is 6.01 Å². The molecule has 0 aliphatic carbocycles. The first-order valence-corrected chi connectivity index (χ1v) is 9.74. The van der Waals surface area contributed by atoms with Gasteiger partial charge in [0.1, 0.15) is 17.5 Å². The van der Waals surface area contributed by atoms with Gasteiger partial charge in [0.2, 0.25) is 0 Å². The van der Waals surface area contributed by atoms with Crippen molar-refractivity contribution in [3.05, 3.63) is 54.6 Å². The van der Waals surface area contributed by atoms with Crippen molar-refractivity contribution in [3.8, 4) is 6.01 Å². The predicted octanol–water partition coefficient (Wildman–Crippen LogP) is 3.18. The van der Waals surface area contributed by atoms with Crippen LogP contribution in [0.5, 0.6) is 6.01 Å². The standard InChI is InChI=1S/C21H25N7O2/c1-4-28(5-2)19-13-18(24-15(3)25-19)26-16-7-9-17(10-8-16)27-20(29)14-30-21-22-11-6-12-23-21/h6-13H,4-5,14H2,1-3H3,(H,27,29)(H,24,25,26). The minimum Gasteiger partial charge on any atom is -0.453 e. The van der Waals surface area contributed by atoms with Crippen molar-refractivity contribution in [2.45, 2.75) is 20.8 Å². The number of hydrogen-bond acceptors (Lipinski definition) is 8. The lowest BCUT2D eigenvalue weighted by Gasteiger charge is -2.20. The number of aryl methyl sites for hydroxylation is 1. The van der Waals surface area contributed by atoms with E-state index in [4.69, 9.17) is 4.74 Å². The Morgan fingerprint density at radius 2 is 1.70 bits per heavy atom. The van der Waals surface area contributed by atoms with Crippen molar-refractivity contribution in [1.29, 1.82) is 0 Å². The molecular formula is C21H25N7O2. The molecule has 156 valence electrons. The van der Waals surface area contributed by atoms with Crippen molar-refractivity contribution >= 4 is 28.9 Å². The van der Waals surface area contributed by atoms with Gasteiger partial charge in [-0.25, -0.2) is 19.9 Å². The fourth-order valence-electron chi connectivity index (χ4n) is 2.80. The zero-order valence-electron chi connectivity index (χ0n) is 17.3. The summed E-state index contributed by atoms with van der Waals surface area (Å²) in [4.78, 5) is 31.0. The second-order valence-electron chi connectivity index (χ2n) is 6.40. The zero-order valence-corrected chi connectivity index (χ0v) is 17.3. The molecule has 2 N–H and O–H groups in total. The number of nitrogens with one attached hydrogen (secondary N) is 2. The molecule has 30 heavy (non-hydrogen) atoms. The number of amides is 1. The normalized spacial score (nSPS) is 10.4. The van der Waals surface area contributed by atoms with Crippen LogP contribution in [-0.2, 0) is 4.79 Å². The lowest BCUT2D eigenvalue weighted by Crippen LogP contribution is -2.23. The van der Waals surface area contributed by atoms with E-state index in [2.05, 4.69) is 49.3 Å². The monoisotopic (exact) mass is 407 g/mol. The molecule has 9 heteroatoms. The first-order chi connectivity index (χ1) is 14.6. The summed E-state index contributed by atoms with van der Waals surface area (Å²) < 4.78 is 5.24. The molecule has 2 heterocycles. The molecule has 1 aromatic carbocycles. The minimum atomic E-state index is -0.293. The van der Waals surface area contributed by atoms with E-state index in [0.29, 0.717) is 11.5 Å². The van der Waals surface area contributed by atoms with Crippen LogP contribution in [0.25, 0.3) is 0 Å². The van der Waals surface area contributed by atoms with Crippen LogP contribution in [-0.4, -0.2) is 45.5 Å². The molecule has 0 aliphatic heterocycles. The molecule has 0 atom stereocenters. The summed E-state index contributed by atoms with van der Waals surface area (Å²) in [6.45, 7) is 7.65. The first-order valence-electron chi connectivity index (χ1n) is 9.74. The number of carbonyl (C=O) groups excluding carboxylic acids is 1. The molecule has 9 nitrogen and oxygen atoms in total. The van der Waals surface area contributed by atoms with Gasteiger partial charge in [0.05, 0.1) is 0 Å². The number of carbonyl (C=O) groups is 1. The molecule has 0 bridgehead atoms. The van der Waals surface area contributed by atoms with Crippen LogP contribution in [0.15, 0.2) is 48.8 Å². The molecule has 0 fully saturated rings. The summed E-state index contributed by atoms with van der Waals surface area (Å²) in [6.07, 6.45) is 3.10. The quantitative estimate of drug-likeness (QED) is 0.557. The topological polar surface area (TPSA) is 105 Å². The maximum absolute atomic E-state index is 12.0. The largest absolute Gasteiger partial charge is 0.453 e. The van der Waals surface area contributed by atoms with Gasteiger partial charge in [-0.2, -0.15) is 0 Å². The third kappa shape index (κ3) is 5.87. The molecule has 0 spiro atoms. The lowest BCUT2D eigenvalue weighted by atomic mass is 10.2. The summed E-state index contributed by atoms with van der Waals surface area (Å²) in [5.74, 6) is 2.02. The summed E-state index contributed by atoms with van der Waals surface area (Å²) >= 11 is 0. The highest BCUT2D eigenvalue weighted by Gasteiger charge is 2.08. The molecule has 0 aliphatic rings. The summed E-state index contributed by atoms with van der Waals surface area (Å²) in [6, 6.07) is 11.1. The molecule has 1 amide bonds. The van der Waals surface area contributed by atoms with E-state index in [9.17, 15) is 4.79 Å². The summed E-state index contributed by atoms with van der Waals surface area (Å²) in [5, 5.41) is 6.06. The average Bonchev–Trinajstić information content (AvgIpc) is 2.75. The Kier molecular flexibility index (Phi) is 7.09. The predicted molar refractivity (Wildman–Crippen MR) is 116 cm³/mol. The van der Waals surface area contributed by atoms with E-state index in [0.717, 1.165) is 30.4 Å². The Morgan fingerprint density at radius 3 is 2.37 bits per heavy atom. The van der Waals surface area contributed by atoms with Crippen LogP contribution in [0.4, 0.5) is 23.0 Å². The molecule has 0 radical (unpaired) electrons. The van der Waals surface area contributed by atoms with Crippen molar-refractivity contribution in [2.75, 3.05) is 35.2 Å². The van der Waals surface area contributed by atoms with Gasteiger partial charge in [0.25, 0.3) is 5.91 Å². The van der Waals surface area contributed by atoms with Crippen LogP contribution in [0.1, 0.15) is 19.7 Å². The Labute approximate surface area is 175 Å². The van der Waals surface area contributed by atoms with Crippen LogP contribution in [0.3, 0.4) is 0 Å². The van der Waals surface area contributed by atoms with E-state index >= 15 is 0 Å². The Morgan fingerprint density at radius 1 is 1.03 bits per heavy atom. The van der Waals surface area contributed by atoms with E-state index in [1.165, 1.54) is 0 Å². The van der Waals surface area contributed by atoms with Gasteiger partial charge in [-0.15, -0.1) is 0 Å². The van der Waals surface area contributed by atoms with Gasteiger partial charge in [0.15, 0.2) is 6.61 Å². The number of nitrogens with zero attached hydrogens (tertiary/aromatic N) is 5. The average molecular weight is 407 g/mol. The van der Waals surface area contributed by atoms with Gasteiger partial charge in [-0.05, 0) is 51.1 Å². The lowest BCUT2D eigenvalue weighted by molar-refractivity contribution is -0.118. The van der Waals surface area contributed by atoms with E-state index in [-0.39, 0.29) is 18.5 Å². The van der Waals surface area contributed by atoms with Crippen molar-refractivity contribution < 1.29 is 9.53 Å². The second kappa shape index (κ2) is 10.1. The highest BCUT2D eigenvalue weighted by atomic mass is 16.5. The minimum absolute atomic E-state index is 0.163. The highest BCUT2D eigenvalue weighted by Crippen LogP contribution is 2.21. The zero-order chi connectivity index (χ0) is 21.3. The number of benzene rings is 1. The third-order valence-corrected chi connectivity index (χ3v) is 4.23. The van der Waals surface area contributed by atoms with Crippen molar-refractivity contribution in [2.24, 2.45) is 0 Å². The number of aromatic nitrogens is 4. The fourth-order valence-corrected chi connectivity index (χ4v) is 2.80. The fraction of sp³-hybridized carbons (Fsp3) is 0.286. The van der Waals surface area contributed by atoms with Crippen LogP contribution in [0, 0.1) is 6.92 Å². The Hall–Kier alpha value is -3.75. The SMILES string of the molecule is CCN(CC)c1cc(Nc2ccc(NC(=O)COc3ncccn3)cc2)nc(C)n1. The van der Waals surface area contributed by atoms with Gasteiger partial charge in [-0.1, -0.05) is 0 Å². The van der Waals surface area contributed by atoms with E-state index in [1.807, 2.05) is 25.1 Å². The van der Waals surface area contributed by atoms with Gasteiger partial charge < -0.3 is 20.3 Å². The van der Waals surface area contributed by atoms with Gasteiger partial charge in [0, 0.05) is 42.9 Å². The number of rotatable bonds is 9. The molecule has 0 saturated heterocycles. The molecule has 3 rings (SSSR count). The Bertz CT molecular complexity index is 961. The smallest absolute Gasteiger partial charge is 0.316 e. The van der Waals surface area contributed by atoms with Crippen molar-refractivity contribution in [1.82, 2.24) is 19.9 Å². The van der Waals surface area contributed by atoms with E-state index in [1.54, 1.807) is 30.6 Å². The van der Waals surface area contributed by atoms with Crippen LogP contribution >= 0.6 is 0 Å². The molecule has 3 aromatic rings. The van der Waals surface area contributed by atoms with Gasteiger partial charge in [-0.3, -0.25) is 4.79 Å². The highest BCUT2D eigenvalue weighted by molar-refractivity contribution is 5.92. The van der Waals surface area contributed by atoms with Crippen LogP contribution in [0.2, 0.25) is 0 Å². The Balaban J connectivity index is 1.58.